The molecule has 0 bridgehead atoms. The van der Waals surface area contributed by atoms with Crippen LogP contribution in [0.3, 0.4) is 0 Å². The maximum absolute atomic E-state index is 11.9. The highest BCUT2D eigenvalue weighted by Gasteiger charge is 2.24. The second-order valence-corrected chi connectivity index (χ2v) is 5.03. The molecule has 1 aromatic carbocycles. The van der Waals surface area contributed by atoms with Crippen LogP contribution >= 0.6 is 11.6 Å². The number of hydrogen-bond acceptors (Lipinski definition) is 3. The summed E-state index contributed by atoms with van der Waals surface area (Å²) >= 11 is 6.08. The zero-order valence-electron chi connectivity index (χ0n) is 12.5. The van der Waals surface area contributed by atoms with E-state index in [1.807, 2.05) is 0 Å². The van der Waals surface area contributed by atoms with Gasteiger partial charge in [-0.05, 0) is 18.6 Å². The van der Waals surface area contributed by atoms with Crippen molar-refractivity contribution in [3.05, 3.63) is 71.8 Å². The van der Waals surface area contributed by atoms with Crippen LogP contribution in [0.15, 0.2) is 61.2 Å². The lowest BCUT2D eigenvalue weighted by Crippen LogP contribution is -2.31. The van der Waals surface area contributed by atoms with Gasteiger partial charge in [0.05, 0.1) is 6.10 Å². The fourth-order valence-electron chi connectivity index (χ4n) is 1.81. The van der Waals surface area contributed by atoms with Gasteiger partial charge in [-0.2, -0.15) is 0 Å². The van der Waals surface area contributed by atoms with E-state index in [-0.39, 0.29) is 6.54 Å². The Kier molecular flexibility index (Phi) is 7.43. The van der Waals surface area contributed by atoms with E-state index in [0.717, 1.165) is 5.57 Å². The van der Waals surface area contributed by atoms with E-state index in [9.17, 15) is 9.90 Å². The molecule has 0 aliphatic rings. The normalized spacial score (nSPS) is 13.9. The third-order valence-electron chi connectivity index (χ3n) is 2.91. The Hall–Kier alpha value is -2.04. The van der Waals surface area contributed by atoms with Gasteiger partial charge in [0.15, 0.2) is 6.10 Å². The topological polar surface area (TPSA) is 58.6 Å². The second kappa shape index (κ2) is 9.07. The maximum Gasteiger partial charge on any atom is 0.408 e. The van der Waals surface area contributed by atoms with Crippen LogP contribution < -0.4 is 5.32 Å². The third-order valence-corrected chi connectivity index (χ3v) is 3.26. The molecule has 0 aliphatic heterocycles. The molecule has 1 amide bonds. The number of ether oxygens (including phenoxy) is 1. The van der Waals surface area contributed by atoms with E-state index < -0.39 is 18.3 Å². The van der Waals surface area contributed by atoms with Crippen LogP contribution in [0.4, 0.5) is 4.79 Å². The molecule has 0 aliphatic carbocycles. The molecule has 0 heterocycles. The van der Waals surface area contributed by atoms with Crippen molar-refractivity contribution in [1.82, 2.24) is 5.32 Å². The minimum absolute atomic E-state index is 0.253. The Balaban J connectivity index is 2.74. The van der Waals surface area contributed by atoms with Crippen LogP contribution in [0.1, 0.15) is 18.6 Å². The molecule has 0 radical (unpaired) electrons. The first-order valence-electron chi connectivity index (χ1n) is 6.80. The molecule has 5 heteroatoms. The molecule has 1 rings (SSSR count). The van der Waals surface area contributed by atoms with Crippen LogP contribution in [0, 0.1) is 0 Å². The highest BCUT2D eigenvalue weighted by atomic mass is 35.5. The molecule has 2 N–H and O–H groups in total. The highest BCUT2D eigenvalue weighted by molar-refractivity contribution is 6.31. The minimum Gasteiger partial charge on any atom is -0.439 e. The number of carbonyl (C=O) groups excluding carboxylic acids is 1. The van der Waals surface area contributed by atoms with E-state index >= 15 is 0 Å². The smallest absolute Gasteiger partial charge is 0.408 e. The number of halogens is 1. The van der Waals surface area contributed by atoms with Crippen molar-refractivity contribution < 1.29 is 14.6 Å². The Bertz CT molecular complexity index is 567. The molecule has 0 saturated heterocycles. The summed E-state index contributed by atoms with van der Waals surface area (Å²) in [4.78, 5) is 11.9. The number of allylic oxidation sites excluding steroid dienone is 2. The monoisotopic (exact) mass is 321 g/mol. The standard InChI is InChI=1S/C17H20ClNO3/c1-4-8-13(5-2)11-19-17(21)22-16(12(3)20)14-9-6-7-10-15(14)18/h4-10,12,16,20H,1-2,11H2,3H3,(H,19,21)/b13-8+. The molecule has 2 unspecified atom stereocenters. The lowest BCUT2D eigenvalue weighted by atomic mass is 10.1. The van der Waals surface area contributed by atoms with Gasteiger partial charge in [0.1, 0.15) is 0 Å². The Morgan fingerprint density at radius 1 is 1.45 bits per heavy atom. The van der Waals surface area contributed by atoms with E-state index in [1.54, 1.807) is 42.5 Å². The molecule has 118 valence electrons. The van der Waals surface area contributed by atoms with E-state index in [0.29, 0.717) is 10.6 Å². The third kappa shape index (κ3) is 5.39. The molecule has 0 aromatic heterocycles. The first-order chi connectivity index (χ1) is 10.5. The van der Waals surface area contributed by atoms with Crippen LogP contribution in [-0.2, 0) is 4.74 Å². The van der Waals surface area contributed by atoms with Gasteiger partial charge in [-0.15, -0.1) is 0 Å². The van der Waals surface area contributed by atoms with Gasteiger partial charge in [0, 0.05) is 17.1 Å². The maximum atomic E-state index is 11.9. The first kappa shape index (κ1) is 18.0. The van der Waals surface area contributed by atoms with Gasteiger partial charge >= 0.3 is 6.09 Å². The Labute approximate surface area is 135 Å². The van der Waals surface area contributed by atoms with Gasteiger partial charge in [-0.1, -0.05) is 61.2 Å². The molecule has 0 spiro atoms. The highest BCUT2D eigenvalue weighted by Crippen LogP contribution is 2.28. The summed E-state index contributed by atoms with van der Waals surface area (Å²) < 4.78 is 5.28. The predicted molar refractivity (Wildman–Crippen MR) is 88.8 cm³/mol. The number of carbonyl (C=O) groups is 1. The van der Waals surface area contributed by atoms with Crippen molar-refractivity contribution in [1.29, 1.82) is 0 Å². The quantitative estimate of drug-likeness (QED) is 0.751. The summed E-state index contributed by atoms with van der Waals surface area (Å²) in [5.41, 5.74) is 1.35. The number of benzene rings is 1. The molecule has 2 atom stereocenters. The number of alkyl carbamates (subject to hydrolysis) is 1. The zero-order chi connectivity index (χ0) is 16.5. The summed E-state index contributed by atoms with van der Waals surface area (Å²) in [6.07, 6.45) is 2.56. The average molecular weight is 322 g/mol. The molecular formula is C17H20ClNO3. The van der Waals surface area contributed by atoms with E-state index in [2.05, 4.69) is 18.5 Å². The Morgan fingerprint density at radius 2 is 2.14 bits per heavy atom. The SMILES string of the molecule is C=C/C=C(\C=C)CNC(=O)OC(c1ccccc1Cl)C(C)O. The van der Waals surface area contributed by atoms with E-state index in [4.69, 9.17) is 16.3 Å². The molecular weight excluding hydrogens is 302 g/mol. The second-order valence-electron chi connectivity index (χ2n) is 4.62. The lowest BCUT2D eigenvalue weighted by Gasteiger charge is -2.22. The fourth-order valence-corrected chi connectivity index (χ4v) is 2.05. The number of aliphatic hydroxyl groups is 1. The van der Waals surface area contributed by atoms with Crippen molar-refractivity contribution in [2.75, 3.05) is 6.54 Å². The van der Waals surface area contributed by atoms with Crippen molar-refractivity contribution in [3.63, 3.8) is 0 Å². The average Bonchev–Trinajstić information content (AvgIpc) is 2.49. The van der Waals surface area contributed by atoms with Crippen molar-refractivity contribution in [2.24, 2.45) is 0 Å². The summed E-state index contributed by atoms with van der Waals surface area (Å²) in [7, 11) is 0. The van der Waals surface area contributed by atoms with Gasteiger partial charge < -0.3 is 15.2 Å². The van der Waals surface area contributed by atoms with E-state index in [1.165, 1.54) is 6.92 Å². The summed E-state index contributed by atoms with van der Waals surface area (Å²) in [5.74, 6) is 0. The Morgan fingerprint density at radius 3 is 2.68 bits per heavy atom. The summed E-state index contributed by atoms with van der Waals surface area (Å²) in [6.45, 7) is 9.01. The van der Waals surface area contributed by atoms with Crippen molar-refractivity contribution in [2.45, 2.75) is 19.1 Å². The predicted octanol–water partition coefficient (Wildman–Crippen LogP) is 3.79. The minimum atomic E-state index is -0.895. The lowest BCUT2D eigenvalue weighted by molar-refractivity contribution is 0.0111. The molecule has 1 aromatic rings. The number of amides is 1. The number of nitrogens with one attached hydrogen (secondary N) is 1. The van der Waals surface area contributed by atoms with Gasteiger partial charge in [0.2, 0.25) is 0 Å². The van der Waals surface area contributed by atoms with Gasteiger partial charge in [0.25, 0.3) is 0 Å². The van der Waals surface area contributed by atoms with Crippen LogP contribution in [0.5, 0.6) is 0 Å². The van der Waals surface area contributed by atoms with Crippen LogP contribution in [-0.4, -0.2) is 23.8 Å². The fraction of sp³-hybridized carbons (Fsp3) is 0.235. The summed E-state index contributed by atoms with van der Waals surface area (Å²) in [6, 6.07) is 6.91. The van der Waals surface area contributed by atoms with Gasteiger partial charge in [-0.3, -0.25) is 0 Å². The van der Waals surface area contributed by atoms with Crippen molar-refractivity contribution >= 4 is 17.7 Å². The first-order valence-corrected chi connectivity index (χ1v) is 7.18. The number of hydrogen-bond donors (Lipinski definition) is 2. The van der Waals surface area contributed by atoms with Gasteiger partial charge in [-0.25, -0.2) is 4.79 Å². The zero-order valence-corrected chi connectivity index (χ0v) is 13.2. The van der Waals surface area contributed by atoms with Crippen molar-refractivity contribution in [3.8, 4) is 0 Å². The van der Waals surface area contributed by atoms with Crippen LogP contribution in [0.25, 0.3) is 0 Å². The molecule has 0 fully saturated rings. The van der Waals surface area contributed by atoms with Crippen LogP contribution in [0.2, 0.25) is 5.02 Å². The molecule has 4 nitrogen and oxygen atoms in total. The summed E-state index contributed by atoms with van der Waals surface area (Å²) in [5, 5.41) is 12.9. The molecule has 22 heavy (non-hydrogen) atoms. The molecule has 0 saturated carbocycles. The number of rotatable bonds is 7. The number of aliphatic hydroxyl groups excluding tert-OH is 1. The largest absolute Gasteiger partial charge is 0.439 e.